The molecular formula is C9H17NO4. The van der Waals surface area contributed by atoms with E-state index in [2.05, 4.69) is 0 Å². The van der Waals surface area contributed by atoms with Crippen LogP contribution in [-0.4, -0.2) is 45.7 Å². The zero-order chi connectivity index (χ0) is 11.4. The standard InChI is InChI=1S/C9H17NO4/c1-9(2,3)10(6-8(13)14)5-4-7(11)12/h4-6H2,1-3H3,(H,11,12)(H,13,14). The molecule has 0 saturated carbocycles. The minimum absolute atomic E-state index is 0.0372. The Morgan fingerprint density at radius 2 is 1.64 bits per heavy atom. The predicted octanol–water partition coefficient (Wildman–Crippen LogP) is 0.646. The van der Waals surface area contributed by atoms with Crippen LogP contribution in [0.15, 0.2) is 0 Å². The molecule has 5 heteroatoms. The largest absolute Gasteiger partial charge is 0.481 e. The maximum Gasteiger partial charge on any atom is 0.317 e. The summed E-state index contributed by atoms with van der Waals surface area (Å²) in [5.74, 6) is -1.85. The second kappa shape index (κ2) is 4.95. The summed E-state index contributed by atoms with van der Waals surface area (Å²) in [6.07, 6.45) is -0.0372. The minimum Gasteiger partial charge on any atom is -0.481 e. The molecule has 0 heterocycles. The first-order chi connectivity index (χ1) is 6.23. The summed E-state index contributed by atoms with van der Waals surface area (Å²) in [5, 5.41) is 17.1. The third kappa shape index (κ3) is 5.53. The molecule has 0 bridgehead atoms. The van der Waals surface area contributed by atoms with E-state index in [9.17, 15) is 9.59 Å². The van der Waals surface area contributed by atoms with E-state index in [1.807, 2.05) is 20.8 Å². The molecule has 0 aliphatic heterocycles. The Balaban J connectivity index is 4.26. The number of aliphatic carboxylic acids is 2. The molecule has 0 atom stereocenters. The van der Waals surface area contributed by atoms with Gasteiger partial charge in [0.1, 0.15) is 0 Å². The van der Waals surface area contributed by atoms with E-state index in [1.54, 1.807) is 4.90 Å². The second-order valence-electron chi connectivity index (χ2n) is 4.13. The van der Waals surface area contributed by atoms with Crippen molar-refractivity contribution in [1.29, 1.82) is 0 Å². The van der Waals surface area contributed by atoms with Gasteiger partial charge in [-0.15, -0.1) is 0 Å². The SMILES string of the molecule is CC(C)(C)N(CCC(=O)O)CC(=O)O. The summed E-state index contributed by atoms with van der Waals surface area (Å²) in [6, 6.07) is 0. The second-order valence-corrected chi connectivity index (χ2v) is 4.13. The van der Waals surface area contributed by atoms with E-state index in [0.717, 1.165) is 0 Å². The Morgan fingerprint density at radius 1 is 1.14 bits per heavy atom. The minimum atomic E-state index is -0.940. The molecular weight excluding hydrogens is 186 g/mol. The van der Waals surface area contributed by atoms with Crippen LogP contribution >= 0.6 is 0 Å². The van der Waals surface area contributed by atoms with E-state index in [4.69, 9.17) is 10.2 Å². The van der Waals surface area contributed by atoms with Crippen LogP contribution in [-0.2, 0) is 9.59 Å². The average molecular weight is 203 g/mol. The third-order valence-electron chi connectivity index (χ3n) is 1.87. The lowest BCUT2D eigenvalue weighted by molar-refractivity contribution is -0.142. The number of hydrogen-bond donors (Lipinski definition) is 2. The Hall–Kier alpha value is -1.10. The molecule has 0 aliphatic carbocycles. The zero-order valence-corrected chi connectivity index (χ0v) is 8.78. The molecule has 5 nitrogen and oxygen atoms in total. The smallest absolute Gasteiger partial charge is 0.317 e. The maximum atomic E-state index is 10.5. The maximum absolute atomic E-state index is 10.5. The van der Waals surface area contributed by atoms with Crippen LogP contribution < -0.4 is 0 Å². The van der Waals surface area contributed by atoms with Gasteiger partial charge in [-0.05, 0) is 20.8 Å². The summed E-state index contributed by atoms with van der Waals surface area (Å²) in [6.45, 7) is 5.70. The third-order valence-corrected chi connectivity index (χ3v) is 1.87. The van der Waals surface area contributed by atoms with Crippen molar-refractivity contribution in [3.8, 4) is 0 Å². The van der Waals surface area contributed by atoms with Crippen molar-refractivity contribution in [2.75, 3.05) is 13.1 Å². The van der Waals surface area contributed by atoms with Gasteiger partial charge in [0.15, 0.2) is 0 Å². The lowest BCUT2D eigenvalue weighted by Crippen LogP contribution is -2.45. The van der Waals surface area contributed by atoms with Gasteiger partial charge in [-0.25, -0.2) is 0 Å². The summed E-state index contributed by atoms with van der Waals surface area (Å²) < 4.78 is 0. The van der Waals surface area contributed by atoms with Gasteiger partial charge in [-0.1, -0.05) is 0 Å². The van der Waals surface area contributed by atoms with Gasteiger partial charge < -0.3 is 10.2 Å². The van der Waals surface area contributed by atoms with Crippen LogP contribution in [0.2, 0.25) is 0 Å². The molecule has 0 aliphatic rings. The monoisotopic (exact) mass is 203 g/mol. The van der Waals surface area contributed by atoms with Crippen molar-refractivity contribution in [3.63, 3.8) is 0 Å². The fourth-order valence-electron chi connectivity index (χ4n) is 1.05. The molecule has 2 N–H and O–H groups in total. The quantitative estimate of drug-likeness (QED) is 0.685. The molecule has 0 saturated heterocycles. The normalized spacial score (nSPS) is 11.7. The van der Waals surface area contributed by atoms with Gasteiger partial charge in [0.2, 0.25) is 0 Å². The molecule has 0 aromatic heterocycles. The van der Waals surface area contributed by atoms with Gasteiger partial charge in [0.05, 0.1) is 13.0 Å². The van der Waals surface area contributed by atoms with E-state index in [-0.39, 0.29) is 25.0 Å². The predicted molar refractivity (Wildman–Crippen MR) is 51.2 cm³/mol. The van der Waals surface area contributed by atoms with Gasteiger partial charge in [-0.3, -0.25) is 14.5 Å². The van der Waals surface area contributed by atoms with E-state index < -0.39 is 11.9 Å². The highest BCUT2D eigenvalue weighted by molar-refractivity contribution is 5.69. The highest BCUT2D eigenvalue weighted by atomic mass is 16.4. The molecule has 0 aromatic carbocycles. The molecule has 0 radical (unpaired) electrons. The van der Waals surface area contributed by atoms with Crippen LogP contribution in [0, 0.1) is 0 Å². The van der Waals surface area contributed by atoms with Gasteiger partial charge in [0, 0.05) is 12.1 Å². The molecule has 0 aromatic rings. The van der Waals surface area contributed by atoms with Crippen LogP contribution in [0.25, 0.3) is 0 Å². The molecule has 82 valence electrons. The van der Waals surface area contributed by atoms with Crippen LogP contribution in [0.3, 0.4) is 0 Å². The molecule has 0 unspecified atom stereocenters. The summed E-state index contributed by atoms with van der Waals surface area (Å²) >= 11 is 0. The van der Waals surface area contributed by atoms with Crippen LogP contribution in [0.1, 0.15) is 27.2 Å². The number of nitrogens with zero attached hydrogens (tertiary/aromatic N) is 1. The molecule has 0 amide bonds. The number of rotatable bonds is 5. The van der Waals surface area contributed by atoms with Crippen molar-refractivity contribution in [1.82, 2.24) is 4.90 Å². The Labute approximate surface area is 83.3 Å². The first kappa shape index (κ1) is 12.9. The highest BCUT2D eigenvalue weighted by Crippen LogP contribution is 2.12. The van der Waals surface area contributed by atoms with Gasteiger partial charge >= 0.3 is 11.9 Å². The average Bonchev–Trinajstić information content (AvgIpc) is 1.94. The van der Waals surface area contributed by atoms with Gasteiger partial charge in [-0.2, -0.15) is 0 Å². The topological polar surface area (TPSA) is 77.8 Å². The first-order valence-electron chi connectivity index (χ1n) is 4.42. The summed E-state index contributed by atoms with van der Waals surface area (Å²) in [7, 11) is 0. The lowest BCUT2D eigenvalue weighted by Gasteiger charge is -2.33. The Morgan fingerprint density at radius 3 is 1.93 bits per heavy atom. The van der Waals surface area contributed by atoms with E-state index >= 15 is 0 Å². The molecule has 0 fully saturated rings. The highest BCUT2D eigenvalue weighted by Gasteiger charge is 2.23. The van der Waals surface area contributed by atoms with Crippen molar-refractivity contribution in [2.24, 2.45) is 0 Å². The number of carbonyl (C=O) groups is 2. The van der Waals surface area contributed by atoms with E-state index in [0.29, 0.717) is 0 Å². The molecule has 0 rings (SSSR count). The fourth-order valence-corrected chi connectivity index (χ4v) is 1.05. The van der Waals surface area contributed by atoms with Crippen molar-refractivity contribution in [2.45, 2.75) is 32.7 Å². The van der Waals surface area contributed by atoms with Crippen LogP contribution in [0.4, 0.5) is 0 Å². The molecule has 0 spiro atoms. The number of carboxylic acid groups (broad SMARTS) is 2. The van der Waals surface area contributed by atoms with Crippen molar-refractivity contribution < 1.29 is 19.8 Å². The first-order valence-corrected chi connectivity index (χ1v) is 4.42. The van der Waals surface area contributed by atoms with E-state index in [1.165, 1.54) is 0 Å². The summed E-state index contributed by atoms with van der Waals surface area (Å²) in [5.41, 5.74) is -0.326. The zero-order valence-electron chi connectivity index (χ0n) is 8.78. The fraction of sp³-hybridized carbons (Fsp3) is 0.778. The van der Waals surface area contributed by atoms with Gasteiger partial charge in [0.25, 0.3) is 0 Å². The van der Waals surface area contributed by atoms with Crippen molar-refractivity contribution in [3.05, 3.63) is 0 Å². The van der Waals surface area contributed by atoms with Crippen molar-refractivity contribution >= 4 is 11.9 Å². The number of carboxylic acids is 2. The Bertz CT molecular complexity index is 219. The Kier molecular flexibility index (Phi) is 4.56. The lowest BCUT2D eigenvalue weighted by atomic mass is 10.1. The molecule has 14 heavy (non-hydrogen) atoms. The van der Waals surface area contributed by atoms with Crippen LogP contribution in [0.5, 0.6) is 0 Å². The number of hydrogen-bond acceptors (Lipinski definition) is 3. The summed E-state index contributed by atoms with van der Waals surface area (Å²) in [4.78, 5) is 22.5.